The van der Waals surface area contributed by atoms with Crippen molar-refractivity contribution < 1.29 is 0 Å². The van der Waals surface area contributed by atoms with Crippen molar-refractivity contribution in [1.82, 2.24) is 9.97 Å². The van der Waals surface area contributed by atoms with Gasteiger partial charge in [0.05, 0.1) is 17.6 Å². The third kappa shape index (κ3) is 2.94. The lowest BCUT2D eigenvalue weighted by Gasteiger charge is -2.07. The molecule has 88 valence electrons. The van der Waals surface area contributed by atoms with E-state index in [1.54, 1.807) is 6.20 Å². The van der Waals surface area contributed by atoms with E-state index in [2.05, 4.69) is 15.3 Å². The van der Waals surface area contributed by atoms with Gasteiger partial charge in [0.15, 0.2) is 0 Å². The first-order valence-electron chi connectivity index (χ1n) is 5.41. The van der Waals surface area contributed by atoms with Crippen molar-refractivity contribution in [3.63, 3.8) is 0 Å². The molecule has 0 atom stereocenters. The normalized spacial score (nSPS) is 10.3. The first-order chi connectivity index (χ1) is 8.19. The van der Waals surface area contributed by atoms with Gasteiger partial charge < -0.3 is 5.32 Å². The molecule has 0 fully saturated rings. The van der Waals surface area contributed by atoms with Gasteiger partial charge in [0.2, 0.25) is 0 Å². The summed E-state index contributed by atoms with van der Waals surface area (Å²) in [4.78, 5) is 8.67. The summed E-state index contributed by atoms with van der Waals surface area (Å²) in [6.07, 6.45) is 1.73. The van der Waals surface area contributed by atoms with Crippen LogP contribution in [0.2, 0.25) is 0 Å². The van der Waals surface area contributed by atoms with Crippen LogP contribution in [-0.4, -0.2) is 9.97 Å². The fourth-order valence-electron chi connectivity index (χ4n) is 1.43. The standard InChI is InChI=1S/C13H14ClN3/c1-9-10(2)16-13(8-15-9)17-12-5-3-11(7-14)4-6-12/h3-6,8H,7H2,1-2H3,(H,16,17). The minimum atomic E-state index is 0.531. The number of alkyl halides is 1. The second-order valence-electron chi connectivity index (χ2n) is 3.88. The summed E-state index contributed by atoms with van der Waals surface area (Å²) in [5, 5.41) is 3.21. The van der Waals surface area contributed by atoms with Crippen LogP contribution in [0.5, 0.6) is 0 Å². The molecule has 1 N–H and O–H groups in total. The number of halogens is 1. The third-order valence-corrected chi connectivity index (χ3v) is 2.88. The van der Waals surface area contributed by atoms with Gasteiger partial charge in [-0.1, -0.05) is 12.1 Å². The Morgan fingerprint density at radius 1 is 1.12 bits per heavy atom. The molecule has 1 aromatic heterocycles. The summed E-state index contributed by atoms with van der Waals surface area (Å²) in [6.45, 7) is 3.89. The van der Waals surface area contributed by atoms with E-state index in [1.165, 1.54) is 0 Å². The summed E-state index contributed by atoms with van der Waals surface area (Å²) in [7, 11) is 0. The zero-order chi connectivity index (χ0) is 12.3. The predicted octanol–water partition coefficient (Wildman–Crippen LogP) is 3.58. The molecule has 0 saturated carbocycles. The monoisotopic (exact) mass is 247 g/mol. The molecule has 0 unspecified atom stereocenters. The number of hydrogen-bond acceptors (Lipinski definition) is 3. The van der Waals surface area contributed by atoms with Gasteiger partial charge in [-0.05, 0) is 31.5 Å². The van der Waals surface area contributed by atoms with E-state index in [-0.39, 0.29) is 0 Å². The van der Waals surface area contributed by atoms with Crippen LogP contribution in [0.1, 0.15) is 17.0 Å². The second kappa shape index (κ2) is 5.15. The van der Waals surface area contributed by atoms with Gasteiger partial charge in [-0.25, -0.2) is 4.98 Å². The number of nitrogens with one attached hydrogen (secondary N) is 1. The molecule has 0 amide bonds. The highest BCUT2D eigenvalue weighted by Crippen LogP contribution is 2.16. The molecule has 2 rings (SSSR count). The first-order valence-corrected chi connectivity index (χ1v) is 5.94. The Balaban J connectivity index is 2.16. The van der Waals surface area contributed by atoms with Gasteiger partial charge in [-0.3, -0.25) is 4.98 Å². The van der Waals surface area contributed by atoms with Crippen LogP contribution in [0, 0.1) is 13.8 Å². The lowest BCUT2D eigenvalue weighted by atomic mass is 10.2. The van der Waals surface area contributed by atoms with Crippen molar-refractivity contribution >= 4 is 23.1 Å². The molecule has 0 spiro atoms. The quantitative estimate of drug-likeness (QED) is 0.843. The van der Waals surface area contributed by atoms with Crippen molar-refractivity contribution in [2.45, 2.75) is 19.7 Å². The summed E-state index contributed by atoms with van der Waals surface area (Å²) < 4.78 is 0. The topological polar surface area (TPSA) is 37.8 Å². The van der Waals surface area contributed by atoms with Crippen molar-refractivity contribution in [3.8, 4) is 0 Å². The van der Waals surface area contributed by atoms with E-state index in [9.17, 15) is 0 Å². The fraction of sp³-hybridized carbons (Fsp3) is 0.231. The highest BCUT2D eigenvalue weighted by Gasteiger charge is 2.00. The van der Waals surface area contributed by atoms with Gasteiger partial charge in [0.25, 0.3) is 0 Å². The molecule has 0 aliphatic rings. The Morgan fingerprint density at radius 3 is 2.41 bits per heavy atom. The highest BCUT2D eigenvalue weighted by molar-refractivity contribution is 6.17. The lowest BCUT2D eigenvalue weighted by Crippen LogP contribution is -1.98. The molecule has 1 aromatic carbocycles. The molecule has 0 radical (unpaired) electrons. The van der Waals surface area contributed by atoms with Crippen molar-refractivity contribution in [2.75, 3.05) is 5.32 Å². The predicted molar refractivity (Wildman–Crippen MR) is 70.8 cm³/mol. The molecular formula is C13H14ClN3. The summed E-state index contributed by atoms with van der Waals surface area (Å²) in [6, 6.07) is 7.94. The van der Waals surface area contributed by atoms with Crippen LogP contribution in [0.4, 0.5) is 11.5 Å². The molecular weight excluding hydrogens is 234 g/mol. The molecule has 0 aliphatic carbocycles. The summed E-state index contributed by atoms with van der Waals surface area (Å²) in [5.41, 5.74) is 3.97. The number of hydrogen-bond donors (Lipinski definition) is 1. The smallest absolute Gasteiger partial charge is 0.149 e. The van der Waals surface area contributed by atoms with Gasteiger partial charge in [-0.15, -0.1) is 11.6 Å². The molecule has 17 heavy (non-hydrogen) atoms. The van der Waals surface area contributed by atoms with Crippen molar-refractivity contribution in [2.24, 2.45) is 0 Å². The van der Waals surface area contributed by atoms with Gasteiger partial charge in [0.1, 0.15) is 5.82 Å². The molecule has 4 heteroatoms. The van der Waals surface area contributed by atoms with E-state index in [1.807, 2.05) is 38.1 Å². The number of anilines is 2. The molecule has 0 saturated heterocycles. The second-order valence-corrected chi connectivity index (χ2v) is 4.15. The van der Waals surface area contributed by atoms with E-state index in [4.69, 9.17) is 11.6 Å². The Hall–Kier alpha value is -1.61. The maximum atomic E-state index is 5.73. The van der Waals surface area contributed by atoms with E-state index in [0.29, 0.717) is 5.88 Å². The van der Waals surface area contributed by atoms with Crippen LogP contribution in [-0.2, 0) is 5.88 Å². The molecule has 3 nitrogen and oxygen atoms in total. The minimum absolute atomic E-state index is 0.531. The van der Waals surface area contributed by atoms with E-state index >= 15 is 0 Å². The number of benzene rings is 1. The maximum absolute atomic E-state index is 5.73. The number of nitrogens with zero attached hydrogens (tertiary/aromatic N) is 2. The van der Waals surface area contributed by atoms with Gasteiger partial charge in [0, 0.05) is 11.6 Å². The summed E-state index contributed by atoms with van der Waals surface area (Å²) >= 11 is 5.73. The number of rotatable bonds is 3. The van der Waals surface area contributed by atoms with Gasteiger partial charge in [-0.2, -0.15) is 0 Å². The zero-order valence-electron chi connectivity index (χ0n) is 9.87. The average molecular weight is 248 g/mol. The van der Waals surface area contributed by atoms with E-state index < -0.39 is 0 Å². The molecule has 1 heterocycles. The SMILES string of the molecule is Cc1ncc(Nc2ccc(CCl)cc2)nc1C. The molecule has 2 aromatic rings. The largest absolute Gasteiger partial charge is 0.339 e. The number of aromatic nitrogens is 2. The van der Waals surface area contributed by atoms with Crippen LogP contribution in [0.15, 0.2) is 30.5 Å². The maximum Gasteiger partial charge on any atom is 0.149 e. The summed E-state index contributed by atoms with van der Waals surface area (Å²) in [5.74, 6) is 1.29. The van der Waals surface area contributed by atoms with E-state index in [0.717, 1.165) is 28.5 Å². The average Bonchev–Trinajstić information content (AvgIpc) is 2.35. The van der Waals surface area contributed by atoms with Crippen LogP contribution in [0.25, 0.3) is 0 Å². The Bertz CT molecular complexity index is 509. The van der Waals surface area contributed by atoms with Crippen molar-refractivity contribution in [3.05, 3.63) is 47.4 Å². The molecule has 0 aliphatic heterocycles. The first kappa shape index (κ1) is 11.9. The van der Waals surface area contributed by atoms with Crippen molar-refractivity contribution in [1.29, 1.82) is 0 Å². The fourth-order valence-corrected chi connectivity index (χ4v) is 1.61. The lowest BCUT2D eigenvalue weighted by molar-refractivity contribution is 1.05. The Kier molecular flexibility index (Phi) is 3.59. The van der Waals surface area contributed by atoms with Gasteiger partial charge >= 0.3 is 0 Å². The molecule has 0 bridgehead atoms. The Labute approximate surface area is 106 Å². The highest BCUT2D eigenvalue weighted by atomic mass is 35.5. The van der Waals surface area contributed by atoms with Crippen LogP contribution < -0.4 is 5.32 Å². The zero-order valence-corrected chi connectivity index (χ0v) is 10.6. The van der Waals surface area contributed by atoms with Crippen LogP contribution in [0.3, 0.4) is 0 Å². The van der Waals surface area contributed by atoms with Crippen LogP contribution >= 0.6 is 11.6 Å². The number of aryl methyl sites for hydroxylation is 2. The Morgan fingerprint density at radius 2 is 1.82 bits per heavy atom. The third-order valence-electron chi connectivity index (χ3n) is 2.57. The minimum Gasteiger partial charge on any atom is -0.339 e.